The van der Waals surface area contributed by atoms with E-state index in [1.54, 1.807) is 4.90 Å². The summed E-state index contributed by atoms with van der Waals surface area (Å²) in [5.41, 5.74) is 3.57. The van der Waals surface area contributed by atoms with Gasteiger partial charge < -0.3 is 0 Å². The van der Waals surface area contributed by atoms with Crippen LogP contribution in [0.3, 0.4) is 0 Å². The first-order chi connectivity index (χ1) is 5.77. The van der Waals surface area contributed by atoms with Crippen LogP contribution in [0.5, 0.6) is 0 Å². The molecule has 12 heavy (non-hydrogen) atoms. The summed E-state index contributed by atoms with van der Waals surface area (Å²) in [5, 5.41) is 3.99. The van der Waals surface area contributed by atoms with Gasteiger partial charge in [0.2, 0.25) is 11.9 Å². The van der Waals surface area contributed by atoms with Gasteiger partial charge in [0.25, 0.3) is 0 Å². The minimum atomic E-state index is 0.0810. The molecule has 2 aliphatic rings. The van der Waals surface area contributed by atoms with Crippen LogP contribution in [0.15, 0.2) is 10.1 Å². The van der Waals surface area contributed by atoms with Gasteiger partial charge in [0.1, 0.15) is 0 Å². The van der Waals surface area contributed by atoms with E-state index in [0.717, 1.165) is 5.71 Å². The molecule has 0 atom stereocenters. The van der Waals surface area contributed by atoms with Crippen molar-refractivity contribution in [2.45, 2.75) is 13.3 Å². The van der Waals surface area contributed by atoms with Gasteiger partial charge in [-0.15, -0.1) is 0 Å². The van der Waals surface area contributed by atoms with Crippen molar-refractivity contribution in [2.24, 2.45) is 10.1 Å². The monoisotopic (exact) mass is 166 g/mol. The van der Waals surface area contributed by atoms with Crippen molar-refractivity contribution in [2.75, 3.05) is 13.1 Å². The van der Waals surface area contributed by atoms with Gasteiger partial charge in [-0.05, 0) is 6.92 Å². The molecule has 2 aliphatic heterocycles. The van der Waals surface area contributed by atoms with Crippen LogP contribution in [0.2, 0.25) is 0 Å². The number of fused-ring (bicyclic) bond motifs is 1. The standard InChI is InChI=1S/C7H10N4O/c1-5-4-6(12)11-3-2-8-7(11)10-9-5/h2-4H2,1H3,(H,8,10). The molecule has 0 fully saturated rings. The number of carbonyl (C=O) groups is 1. The maximum Gasteiger partial charge on any atom is 0.235 e. The number of nitrogens with one attached hydrogen (secondary N) is 1. The molecule has 0 aliphatic carbocycles. The van der Waals surface area contributed by atoms with E-state index >= 15 is 0 Å². The molecule has 0 spiro atoms. The average molecular weight is 166 g/mol. The van der Waals surface area contributed by atoms with Crippen molar-refractivity contribution in [1.29, 1.82) is 0 Å². The van der Waals surface area contributed by atoms with Crippen LogP contribution in [-0.2, 0) is 4.79 Å². The molecule has 0 unspecified atom stereocenters. The van der Waals surface area contributed by atoms with Gasteiger partial charge in [-0.2, -0.15) is 5.10 Å². The molecule has 64 valence electrons. The Morgan fingerprint density at radius 3 is 3.25 bits per heavy atom. The van der Waals surface area contributed by atoms with Crippen molar-refractivity contribution < 1.29 is 4.79 Å². The third-order valence-corrected chi connectivity index (χ3v) is 1.90. The zero-order valence-corrected chi connectivity index (χ0v) is 6.87. The van der Waals surface area contributed by atoms with E-state index in [2.05, 4.69) is 15.5 Å². The third kappa shape index (κ3) is 1.07. The first-order valence-corrected chi connectivity index (χ1v) is 3.91. The fourth-order valence-corrected chi connectivity index (χ4v) is 1.28. The molecule has 1 amide bonds. The quantitative estimate of drug-likeness (QED) is 0.530. The zero-order chi connectivity index (χ0) is 8.55. The predicted molar refractivity (Wildman–Crippen MR) is 44.9 cm³/mol. The maximum absolute atomic E-state index is 11.4. The van der Waals surface area contributed by atoms with E-state index in [4.69, 9.17) is 0 Å². The van der Waals surface area contributed by atoms with E-state index in [1.807, 2.05) is 6.92 Å². The molecule has 0 saturated heterocycles. The summed E-state index contributed by atoms with van der Waals surface area (Å²) in [6.45, 7) is 3.19. The van der Waals surface area contributed by atoms with Gasteiger partial charge in [-0.1, -0.05) is 0 Å². The molecule has 0 saturated carbocycles. The Hall–Kier alpha value is -1.39. The number of hydrogen-bond acceptors (Lipinski definition) is 4. The number of nitrogens with zero attached hydrogens (tertiary/aromatic N) is 3. The molecule has 0 aromatic heterocycles. The second-order valence-corrected chi connectivity index (χ2v) is 2.89. The lowest BCUT2D eigenvalue weighted by Crippen LogP contribution is -2.38. The van der Waals surface area contributed by atoms with Gasteiger partial charge in [0.05, 0.1) is 13.0 Å². The fraction of sp³-hybridized carbons (Fsp3) is 0.571. The highest BCUT2D eigenvalue weighted by Crippen LogP contribution is 2.06. The number of rotatable bonds is 0. The molecule has 0 radical (unpaired) electrons. The van der Waals surface area contributed by atoms with Gasteiger partial charge in [0.15, 0.2) is 0 Å². The van der Waals surface area contributed by atoms with Crippen molar-refractivity contribution in [3.05, 3.63) is 0 Å². The van der Waals surface area contributed by atoms with Crippen molar-refractivity contribution in [1.82, 2.24) is 10.3 Å². The molecule has 1 N–H and O–H groups in total. The fourth-order valence-electron chi connectivity index (χ4n) is 1.28. The Kier molecular flexibility index (Phi) is 1.56. The molecular weight excluding hydrogens is 156 g/mol. The van der Waals surface area contributed by atoms with Gasteiger partial charge in [-0.3, -0.25) is 9.69 Å². The van der Waals surface area contributed by atoms with Crippen LogP contribution in [0, 0.1) is 0 Å². The molecule has 0 bridgehead atoms. The molecule has 0 aromatic carbocycles. The van der Waals surface area contributed by atoms with E-state index in [1.165, 1.54) is 0 Å². The highest BCUT2D eigenvalue weighted by molar-refractivity contribution is 6.09. The lowest BCUT2D eigenvalue weighted by Gasteiger charge is -2.13. The summed E-state index contributed by atoms with van der Waals surface area (Å²) in [7, 11) is 0. The zero-order valence-electron chi connectivity index (χ0n) is 6.87. The Bertz CT molecular complexity index is 281. The maximum atomic E-state index is 11.4. The molecule has 5 nitrogen and oxygen atoms in total. The molecule has 2 heterocycles. The minimum absolute atomic E-state index is 0.0810. The highest BCUT2D eigenvalue weighted by Gasteiger charge is 2.25. The summed E-state index contributed by atoms with van der Waals surface area (Å²) in [6.07, 6.45) is 0.395. The number of aliphatic imine (C=N–C) groups is 1. The number of hydrogen-bond donors (Lipinski definition) is 1. The van der Waals surface area contributed by atoms with Gasteiger partial charge in [-0.25, -0.2) is 10.4 Å². The summed E-state index contributed by atoms with van der Waals surface area (Å²) in [5.74, 6) is 0.675. The minimum Gasteiger partial charge on any atom is -0.279 e. The molecule has 0 aromatic rings. The number of amides is 1. The van der Waals surface area contributed by atoms with Crippen LogP contribution in [0.25, 0.3) is 0 Å². The predicted octanol–water partition coefficient (Wildman–Crippen LogP) is -0.446. The topological polar surface area (TPSA) is 57.1 Å². The Morgan fingerprint density at radius 1 is 1.58 bits per heavy atom. The SMILES string of the molecule is CC1=NNC2=NCCN2C(=O)C1. The van der Waals surface area contributed by atoms with Gasteiger partial charge >= 0.3 is 0 Å². The van der Waals surface area contributed by atoms with Crippen LogP contribution >= 0.6 is 0 Å². The van der Waals surface area contributed by atoms with Crippen LogP contribution < -0.4 is 5.43 Å². The second kappa shape index (κ2) is 2.58. The van der Waals surface area contributed by atoms with E-state index in [9.17, 15) is 4.79 Å². The highest BCUT2D eigenvalue weighted by atomic mass is 16.2. The van der Waals surface area contributed by atoms with E-state index in [0.29, 0.717) is 25.5 Å². The number of hydrazone groups is 1. The van der Waals surface area contributed by atoms with E-state index in [-0.39, 0.29) is 5.91 Å². The lowest BCUT2D eigenvalue weighted by molar-refractivity contribution is -0.125. The first-order valence-electron chi connectivity index (χ1n) is 3.91. The summed E-state index contributed by atoms with van der Waals surface area (Å²) in [6, 6.07) is 0. The summed E-state index contributed by atoms with van der Waals surface area (Å²) in [4.78, 5) is 17.2. The Balaban J connectivity index is 2.27. The smallest absolute Gasteiger partial charge is 0.235 e. The first kappa shape index (κ1) is 7.27. The Morgan fingerprint density at radius 2 is 2.42 bits per heavy atom. The average Bonchev–Trinajstić information content (AvgIpc) is 2.43. The van der Waals surface area contributed by atoms with Crippen molar-refractivity contribution in [3.8, 4) is 0 Å². The van der Waals surface area contributed by atoms with Gasteiger partial charge in [0, 0.05) is 12.3 Å². The van der Waals surface area contributed by atoms with Crippen LogP contribution in [0.4, 0.5) is 0 Å². The lowest BCUT2D eigenvalue weighted by atomic mass is 10.3. The number of carbonyl (C=O) groups excluding carboxylic acids is 1. The van der Waals surface area contributed by atoms with Crippen molar-refractivity contribution >= 4 is 17.6 Å². The molecular formula is C7H10N4O. The van der Waals surface area contributed by atoms with Crippen molar-refractivity contribution in [3.63, 3.8) is 0 Å². The third-order valence-electron chi connectivity index (χ3n) is 1.90. The molecule has 5 heteroatoms. The number of guanidine groups is 1. The summed E-state index contributed by atoms with van der Waals surface area (Å²) < 4.78 is 0. The summed E-state index contributed by atoms with van der Waals surface area (Å²) >= 11 is 0. The second-order valence-electron chi connectivity index (χ2n) is 2.89. The molecule has 2 rings (SSSR count). The van der Waals surface area contributed by atoms with E-state index < -0.39 is 0 Å². The Labute approximate surface area is 70.1 Å². The van der Waals surface area contributed by atoms with Crippen LogP contribution in [-0.4, -0.2) is 35.6 Å². The van der Waals surface area contributed by atoms with Crippen LogP contribution in [0.1, 0.15) is 13.3 Å². The largest absolute Gasteiger partial charge is 0.279 e. The normalized spacial score (nSPS) is 22.4.